The average molecular weight is 403 g/mol. The minimum absolute atomic E-state index is 0.221. The number of nitrogens with zero attached hydrogens (tertiary/aromatic N) is 4. The number of aliphatic hydroxyl groups is 1. The number of aromatic nitrogens is 2. The predicted octanol–water partition coefficient (Wildman–Crippen LogP) is 2.36. The van der Waals surface area contributed by atoms with Gasteiger partial charge in [-0.15, -0.1) is 0 Å². The second-order valence-electron chi connectivity index (χ2n) is 7.59. The number of hydrogen-bond acceptors (Lipinski definition) is 8. The maximum atomic E-state index is 9.83. The molecule has 0 saturated carbocycles. The predicted molar refractivity (Wildman–Crippen MR) is 111 cm³/mol. The molecule has 3 heterocycles. The van der Waals surface area contributed by atoms with E-state index in [9.17, 15) is 10.4 Å². The molecule has 3 aromatic rings. The Hall–Kier alpha value is -3.57. The van der Waals surface area contributed by atoms with Crippen LogP contribution in [0.3, 0.4) is 0 Å². The number of aliphatic hydroxyl groups excluding tert-OH is 1. The second kappa shape index (κ2) is 7.35. The summed E-state index contributed by atoms with van der Waals surface area (Å²) < 4.78 is 10.9. The van der Waals surface area contributed by atoms with Crippen molar-refractivity contribution < 1.29 is 14.6 Å². The van der Waals surface area contributed by atoms with E-state index in [0.29, 0.717) is 66.2 Å². The molecule has 2 aliphatic heterocycles. The summed E-state index contributed by atoms with van der Waals surface area (Å²) in [6, 6.07) is 11.5. The molecule has 5 rings (SSSR count). The van der Waals surface area contributed by atoms with Crippen LogP contribution in [-0.4, -0.2) is 41.1 Å². The first-order chi connectivity index (χ1) is 14.6. The third-order valence-corrected chi connectivity index (χ3v) is 5.64. The van der Waals surface area contributed by atoms with Gasteiger partial charge in [-0.3, -0.25) is 0 Å². The average Bonchev–Trinajstić information content (AvgIpc) is 3.22. The molecule has 0 bridgehead atoms. The fourth-order valence-corrected chi connectivity index (χ4v) is 3.99. The number of nitriles is 1. The molecule has 0 atom stereocenters. The van der Waals surface area contributed by atoms with Crippen LogP contribution in [0.25, 0.3) is 10.9 Å². The Bertz CT molecular complexity index is 1170. The van der Waals surface area contributed by atoms with Gasteiger partial charge in [-0.25, -0.2) is 9.97 Å². The van der Waals surface area contributed by atoms with Gasteiger partial charge >= 0.3 is 0 Å². The number of piperidine rings is 1. The molecular weight excluding hydrogens is 382 g/mol. The zero-order chi connectivity index (χ0) is 20.7. The Kier molecular flexibility index (Phi) is 4.52. The number of hydrogen-bond donors (Lipinski definition) is 2. The van der Waals surface area contributed by atoms with Gasteiger partial charge in [0.25, 0.3) is 0 Å². The summed E-state index contributed by atoms with van der Waals surface area (Å²) in [5, 5.41) is 19.9. The Morgan fingerprint density at radius 1 is 1.13 bits per heavy atom. The third kappa shape index (κ3) is 3.23. The summed E-state index contributed by atoms with van der Waals surface area (Å²) in [4.78, 5) is 11.7. The zero-order valence-corrected chi connectivity index (χ0v) is 16.3. The van der Waals surface area contributed by atoms with Crippen LogP contribution in [0, 0.1) is 11.3 Å². The molecule has 30 heavy (non-hydrogen) atoms. The molecule has 0 spiro atoms. The lowest BCUT2D eigenvalue weighted by Crippen LogP contribution is -2.37. The van der Waals surface area contributed by atoms with Gasteiger partial charge in [0.1, 0.15) is 6.07 Å². The molecule has 2 aromatic carbocycles. The SMILES string of the molecule is N#Cc1ccc2nc(N3CCC(O)CC3)nc(Cc3ccc4c(c3)OCO4)c2c1N. The highest BCUT2D eigenvalue weighted by molar-refractivity contribution is 5.95. The summed E-state index contributed by atoms with van der Waals surface area (Å²) >= 11 is 0. The van der Waals surface area contributed by atoms with E-state index in [2.05, 4.69) is 11.0 Å². The van der Waals surface area contributed by atoms with Crippen LogP contribution in [0.2, 0.25) is 0 Å². The Morgan fingerprint density at radius 2 is 1.93 bits per heavy atom. The van der Waals surface area contributed by atoms with Gasteiger partial charge in [0.05, 0.1) is 28.6 Å². The van der Waals surface area contributed by atoms with Crippen LogP contribution in [0.5, 0.6) is 11.5 Å². The highest BCUT2D eigenvalue weighted by Crippen LogP contribution is 2.35. The topological polar surface area (TPSA) is 118 Å². The van der Waals surface area contributed by atoms with Crippen LogP contribution in [0.4, 0.5) is 11.6 Å². The first kappa shape index (κ1) is 18.5. The van der Waals surface area contributed by atoms with Crippen molar-refractivity contribution in [2.45, 2.75) is 25.4 Å². The standard InChI is InChI=1S/C22H21N5O3/c23-11-14-2-3-16-20(21(14)24)17(9-13-1-4-18-19(10-13)30-12-29-18)26-22(25-16)27-7-5-15(28)6-8-27/h1-4,10,15,28H,5-9,12,24H2. The Morgan fingerprint density at radius 3 is 2.73 bits per heavy atom. The lowest BCUT2D eigenvalue weighted by molar-refractivity contribution is 0.145. The number of benzene rings is 2. The first-order valence-corrected chi connectivity index (χ1v) is 9.93. The van der Waals surface area contributed by atoms with Gasteiger partial charge < -0.3 is 25.2 Å². The van der Waals surface area contributed by atoms with Gasteiger partial charge in [-0.2, -0.15) is 5.26 Å². The second-order valence-corrected chi connectivity index (χ2v) is 7.59. The highest BCUT2D eigenvalue weighted by atomic mass is 16.7. The van der Waals surface area contributed by atoms with Crippen molar-refractivity contribution >= 4 is 22.5 Å². The monoisotopic (exact) mass is 403 g/mol. The molecule has 2 aliphatic rings. The van der Waals surface area contributed by atoms with Gasteiger partial charge in [0.2, 0.25) is 12.7 Å². The third-order valence-electron chi connectivity index (χ3n) is 5.64. The van der Waals surface area contributed by atoms with E-state index in [1.54, 1.807) is 6.07 Å². The van der Waals surface area contributed by atoms with Crippen molar-refractivity contribution in [1.82, 2.24) is 9.97 Å². The normalized spacial score (nSPS) is 16.1. The van der Waals surface area contributed by atoms with Crippen molar-refractivity contribution in [2.24, 2.45) is 0 Å². The van der Waals surface area contributed by atoms with Crippen LogP contribution < -0.4 is 20.1 Å². The van der Waals surface area contributed by atoms with Crippen LogP contribution in [-0.2, 0) is 6.42 Å². The van der Waals surface area contributed by atoms with E-state index >= 15 is 0 Å². The fourth-order valence-electron chi connectivity index (χ4n) is 3.99. The molecule has 0 radical (unpaired) electrons. The quantitative estimate of drug-likeness (QED) is 0.640. The smallest absolute Gasteiger partial charge is 0.231 e. The van der Waals surface area contributed by atoms with Crippen LogP contribution in [0.15, 0.2) is 30.3 Å². The van der Waals surface area contributed by atoms with Gasteiger partial charge in [-0.05, 0) is 42.7 Å². The summed E-state index contributed by atoms with van der Waals surface area (Å²) in [7, 11) is 0. The maximum absolute atomic E-state index is 9.83. The molecule has 8 nitrogen and oxygen atoms in total. The van der Waals surface area contributed by atoms with Gasteiger partial charge in [0, 0.05) is 24.9 Å². The molecule has 1 saturated heterocycles. The molecule has 0 amide bonds. The minimum Gasteiger partial charge on any atom is -0.454 e. The highest BCUT2D eigenvalue weighted by Gasteiger charge is 2.22. The largest absolute Gasteiger partial charge is 0.454 e. The summed E-state index contributed by atoms with van der Waals surface area (Å²) in [5.74, 6) is 2.06. The zero-order valence-electron chi connectivity index (χ0n) is 16.3. The van der Waals surface area contributed by atoms with Crippen molar-refractivity contribution in [3.63, 3.8) is 0 Å². The summed E-state index contributed by atoms with van der Waals surface area (Å²) in [5.41, 5.74) is 9.60. The molecule has 3 N–H and O–H groups in total. The van der Waals surface area contributed by atoms with E-state index in [4.69, 9.17) is 25.2 Å². The molecule has 0 unspecified atom stereocenters. The van der Waals surface area contributed by atoms with Crippen LogP contribution >= 0.6 is 0 Å². The molecular formula is C22H21N5O3. The van der Waals surface area contributed by atoms with Crippen LogP contribution in [0.1, 0.15) is 29.7 Å². The number of rotatable bonds is 3. The maximum Gasteiger partial charge on any atom is 0.231 e. The molecule has 0 aliphatic carbocycles. The number of nitrogens with two attached hydrogens (primary N) is 1. The van der Waals surface area contributed by atoms with Crippen molar-refractivity contribution in [3.05, 3.63) is 47.2 Å². The van der Waals surface area contributed by atoms with E-state index in [-0.39, 0.29) is 12.9 Å². The van der Waals surface area contributed by atoms with E-state index < -0.39 is 0 Å². The lowest BCUT2D eigenvalue weighted by atomic mass is 10.0. The van der Waals surface area contributed by atoms with E-state index in [1.807, 2.05) is 24.3 Å². The number of nitrogen functional groups attached to an aromatic ring is 1. The number of anilines is 2. The lowest BCUT2D eigenvalue weighted by Gasteiger charge is -2.30. The molecule has 1 aromatic heterocycles. The van der Waals surface area contributed by atoms with E-state index in [1.165, 1.54) is 0 Å². The molecule has 1 fully saturated rings. The van der Waals surface area contributed by atoms with Crippen molar-refractivity contribution in [3.8, 4) is 17.6 Å². The van der Waals surface area contributed by atoms with Crippen molar-refractivity contribution in [1.29, 1.82) is 5.26 Å². The summed E-state index contributed by atoms with van der Waals surface area (Å²) in [6.07, 6.45) is 1.62. The number of ether oxygens (including phenoxy) is 2. The first-order valence-electron chi connectivity index (χ1n) is 9.93. The Labute approximate surface area is 173 Å². The summed E-state index contributed by atoms with van der Waals surface area (Å²) in [6.45, 7) is 1.61. The Balaban J connectivity index is 1.60. The minimum atomic E-state index is -0.274. The molecule has 152 valence electrons. The van der Waals surface area contributed by atoms with Gasteiger partial charge in [-0.1, -0.05) is 6.07 Å². The van der Waals surface area contributed by atoms with Gasteiger partial charge in [0.15, 0.2) is 11.5 Å². The molecule has 8 heteroatoms. The van der Waals surface area contributed by atoms with E-state index in [0.717, 1.165) is 17.0 Å². The fraction of sp³-hybridized carbons (Fsp3) is 0.318. The van der Waals surface area contributed by atoms with Crippen molar-refractivity contribution in [2.75, 3.05) is 30.5 Å². The number of fused-ring (bicyclic) bond motifs is 2.